The molecule has 5 nitrogen and oxygen atoms in total. The lowest BCUT2D eigenvalue weighted by Crippen LogP contribution is -2.45. The normalized spacial score (nSPS) is 12.1. The molecule has 1 aromatic carbocycles. The van der Waals surface area contributed by atoms with E-state index < -0.39 is 6.04 Å². The molecule has 0 aliphatic rings. The van der Waals surface area contributed by atoms with E-state index in [0.29, 0.717) is 10.7 Å². The van der Waals surface area contributed by atoms with E-state index in [-0.39, 0.29) is 24.3 Å². The van der Waals surface area contributed by atoms with Gasteiger partial charge in [-0.1, -0.05) is 31.5 Å². The topological polar surface area (TPSA) is 67.4 Å². The Morgan fingerprint density at radius 2 is 2.00 bits per heavy atom. The molecule has 0 spiro atoms. The SMILES string of the molecule is COC(=O)C(NCC(=O)Nc1cc(Cl)ccc1C)C(C)C. The molecule has 1 aromatic rings. The molecule has 0 aliphatic heterocycles. The van der Waals surface area contributed by atoms with Gasteiger partial charge in [-0.15, -0.1) is 0 Å². The Morgan fingerprint density at radius 1 is 1.33 bits per heavy atom. The molecule has 1 unspecified atom stereocenters. The molecule has 0 fully saturated rings. The molecule has 0 radical (unpaired) electrons. The van der Waals surface area contributed by atoms with Crippen molar-refractivity contribution < 1.29 is 14.3 Å². The van der Waals surface area contributed by atoms with E-state index >= 15 is 0 Å². The van der Waals surface area contributed by atoms with Crippen LogP contribution in [0.5, 0.6) is 0 Å². The Kier molecular flexibility index (Phi) is 6.65. The summed E-state index contributed by atoms with van der Waals surface area (Å²) >= 11 is 5.90. The highest BCUT2D eigenvalue weighted by molar-refractivity contribution is 6.31. The van der Waals surface area contributed by atoms with E-state index in [4.69, 9.17) is 16.3 Å². The summed E-state index contributed by atoms with van der Waals surface area (Å²) in [6.07, 6.45) is 0. The number of hydrogen-bond donors (Lipinski definition) is 2. The maximum atomic E-state index is 11.9. The van der Waals surface area contributed by atoms with Crippen LogP contribution in [0, 0.1) is 12.8 Å². The summed E-state index contributed by atoms with van der Waals surface area (Å²) in [6.45, 7) is 5.66. The number of carbonyl (C=O) groups is 2. The Balaban J connectivity index is 2.61. The third kappa shape index (κ3) is 5.36. The molecule has 0 aliphatic carbocycles. The molecule has 21 heavy (non-hydrogen) atoms. The largest absolute Gasteiger partial charge is 0.468 e. The number of hydrogen-bond acceptors (Lipinski definition) is 4. The van der Waals surface area contributed by atoms with Crippen molar-refractivity contribution >= 4 is 29.2 Å². The second kappa shape index (κ2) is 8.00. The molecule has 2 N–H and O–H groups in total. The van der Waals surface area contributed by atoms with Crippen LogP contribution in [0.15, 0.2) is 18.2 Å². The first kappa shape index (κ1) is 17.5. The average Bonchev–Trinajstić information content (AvgIpc) is 2.42. The number of methoxy groups -OCH3 is 1. The lowest BCUT2D eigenvalue weighted by molar-refractivity contribution is -0.144. The zero-order valence-electron chi connectivity index (χ0n) is 12.7. The maximum absolute atomic E-state index is 11.9. The highest BCUT2D eigenvalue weighted by atomic mass is 35.5. The molecule has 0 aromatic heterocycles. The van der Waals surface area contributed by atoms with Gasteiger partial charge >= 0.3 is 5.97 Å². The molecule has 0 saturated carbocycles. The van der Waals surface area contributed by atoms with Crippen molar-refractivity contribution in [1.82, 2.24) is 5.32 Å². The minimum atomic E-state index is -0.513. The van der Waals surface area contributed by atoms with E-state index in [1.807, 2.05) is 26.8 Å². The summed E-state index contributed by atoms with van der Waals surface area (Å²) in [7, 11) is 1.33. The molecule has 1 atom stereocenters. The van der Waals surface area contributed by atoms with Gasteiger partial charge in [0, 0.05) is 10.7 Å². The monoisotopic (exact) mass is 312 g/mol. The van der Waals surface area contributed by atoms with E-state index in [9.17, 15) is 9.59 Å². The van der Waals surface area contributed by atoms with E-state index in [2.05, 4.69) is 10.6 Å². The van der Waals surface area contributed by atoms with Gasteiger partial charge in [-0.3, -0.25) is 14.9 Å². The molecular weight excluding hydrogens is 292 g/mol. The Bertz CT molecular complexity index is 518. The highest BCUT2D eigenvalue weighted by Crippen LogP contribution is 2.19. The lowest BCUT2D eigenvalue weighted by atomic mass is 10.0. The maximum Gasteiger partial charge on any atom is 0.323 e. The van der Waals surface area contributed by atoms with Gasteiger partial charge in [0.2, 0.25) is 5.91 Å². The first-order chi connectivity index (χ1) is 9.85. The molecule has 0 bridgehead atoms. The number of amides is 1. The van der Waals surface area contributed by atoms with Gasteiger partial charge in [0.05, 0.1) is 13.7 Å². The molecule has 1 rings (SSSR count). The van der Waals surface area contributed by atoms with Crippen molar-refractivity contribution in [3.8, 4) is 0 Å². The molecule has 0 heterocycles. The summed E-state index contributed by atoms with van der Waals surface area (Å²) in [6, 6.07) is 4.77. The summed E-state index contributed by atoms with van der Waals surface area (Å²) < 4.78 is 4.71. The molecule has 6 heteroatoms. The van der Waals surface area contributed by atoms with Crippen LogP contribution in [-0.4, -0.2) is 31.6 Å². The first-order valence-electron chi connectivity index (χ1n) is 6.72. The Morgan fingerprint density at radius 3 is 2.57 bits per heavy atom. The molecule has 116 valence electrons. The van der Waals surface area contributed by atoms with Crippen molar-refractivity contribution in [3.05, 3.63) is 28.8 Å². The van der Waals surface area contributed by atoms with Crippen LogP contribution in [0.4, 0.5) is 5.69 Å². The predicted octanol–water partition coefficient (Wildman–Crippen LogP) is 2.37. The van der Waals surface area contributed by atoms with Gasteiger partial charge in [-0.05, 0) is 30.5 Å². The number of esters is 1. The van der Waals surface area contributed by atoms with Crippen LogP contribution in [0.25, 0.3) is 0 Å². The number of rotatable bonds is 6. The minimum absolute atomic E-state index is 0.0178. The Hall–Kier alpha value is -1.59. The number of anilines is 1. The zero-order valence-corrected chi connectivity index (χ0v) is 13.5. The quantitative estimate of drug-likeness (QED) is 0.791. The van der Waals surface area contributed by atoms with Gasteiger partial charge in [0.25, 0.3) is 0 Å². The van der Waals surface area contributed by atoms with Crippen LogP contribution < -0.4 is 10.6 Å². The van der Waals surface area contributed by atoms with Crippen LogP contribution in [0.3, 0.4) is 0 Å². The minimum Gasteiger partial charge on any atom is -0.468 e. The van der Waals surface area contributed by atoms with Crippen LogP contribution in [0.1, 0.15) is 19.4 Å². The van der Waals surface area contributed by atoms with E-state index in [0.717, 1.165) is 5.56 Å². The smallest absolute Gasteiger partial charge is 0.323 e. The van der Waals surface area contributed by atoms with Crippen molar-refractivity contribution in [2.24, 2.45) is 5.92 Å². The van der Waals surface area contributed by atoms with Crippen molar-refractivity contribution in [3.63, 3.8) is 0 Å². The fourth-order valence-corrected chi connectivity index (χ4v) is 2.02. The third-order valence-electron chi connectivity index (χ3n) is 3.08. The van der Waals surface area contributed by atoms with Crippen LogP contribution in [0.2, 0.25) is 5.02 Å². The number of nitrogens with one attached hydrogen (secondary N) is 2. The fourth-order valence-electron chi connectivity index (χ4n) is 1.84. The summed E-state index contributed by atoms with van der Waals surface area (Å²) in [5.74, 6) is -0.593. The van der Waals surface area contributed by atoms with Crippen molar-refractivity contribution in [1.29, 1.82) is 0 Å². The number of benzene rings is 1. The number of ether oxygens (including phenoxy) is 1. The van der Waals surface area contributed by atoms with Crippen LogP contribution >= 0.6 is 11.6 Å². The zero-order chi connectivity index (χ0) is 16.0. The molecule has 1 amide bonds. The number of carbonyl (C=O) groups excluding carboxylic acids is 2. The van der Waals surface area contributed by atoms with Gasteiger partial charge in [-0.2, -0.15) is 0 Å². The average molecular weight is 313 g/mol. The summed E-state index contributed by atoms with van der Waals surface area (Å²) in [5.41, 5.74) is 1.58. The second-order valence-electron chi connectivity index (χ2n) is 5.13. The van der Waals surface area contributed by atoms with Gasteiger partial charge in [0.15, 0.2) is 0 Å². The van der Waals surface area contributed by atoms with Gasteiger partial charge < -0.3 is 10.1 Å². The van der Waals surface area contributed by atoms with Crippen molar-refractivity contribution in [2.45, 2.75) is 26.8 Å². The lowest BCUT2D eigenvalue weighted by Gasteiger charge is -2.19. The second-order valence-corrected chi connectivity index (χ2v) is 5.57. The molecular formula is C15H21ClN2O3. The fraction of sp³-hybridized carbons (Fsp3) is 0.467. The third-order valence-corrected chi connectivity index (χ3v) is 3.31. The summed E-state index contributed by atoms with van der Waals surface area (Å²) in [5, 5.41) is 6.22. The highest BCUT2D eigenvalue weighted by Gasteiger charge is 2.23. The van der Waals surface area contributed by atoms with Gasteiger partial charge in [0.1, 0.15) is 6.04 Å². The van der Waals surface area contributed by atoms with E-state index in [1.54, 1.807) is 12.1 Å². The standard InChI is InChI=1S/C15H21ClN2O3/c1-9(2)14(15(20)21-4)17-8-13(19)18-12-7-11(16)6-5-10(12)3/h5-7,9,14,17H,8H2,1-4H3,(H,18,19). The molecule has 0 saturated heterocycles. The predicted molar refractivity (Wildman–Crippen MR) is 83.5 cm³/mol. The number of aryl methyl sites for hydroxylation is 1. The Labute approximate surface area is 130 Å². The number of halogens is 1. The summed E-state index contributed by atoms with van der Waals surface area (Å²) in [4.78, 5) is 23.5. The van der Waals surface area contributed by atoms with Crippen LogP contribution in [-0.2, 0) is 14.3 Å². The van der Waals surface area contributed by atoms with Gasteiger partial charge in [-0.25, -0.2) is 0 Å². The van der Waals surface area contributed by atoms with Crippen molar-refractivity contribution in [2.75, 3.05) is 19.0 Å². The van der Waals surface area contributed by atoms with E-state index in [1.165, 1.54) is 7.11 Å². The first-order valence-corrected chi connectivity index (χ1v) is 7.10.